The number of hydrogen-bond acceptors (Lipinski definition) is 3. The van der Waals surface area contributed by atoms with E-state index in [1.165, 1.54) is 0 Å². The Hall–Kier alpha value is -1.29. The molecule has 0 unspecified atom stereocenters. The Morgan fingerprint density at radius 1 is 1.44 bits per heavy atom. The van der Waals surface area contributed by atoms with E-state index in [-0.39, 0.29) is 11.8 Å². The molecule has 1 aromatic heterocycles. The van der Waals surface area contributed by atoms with Crippen LogP contribution in [0.15, 0.2) is 22.8 Å². The van der Waals surface area contributed by atoms with Crippen molar-refractivity contribution < 1.29 is 13.9 Å². The third-order valence-corrected chi connectivity index (χ3v) is 2.95. The first-order valence-corrected chi connectivity index (χ1v) is 6.65. The van der Waals surface area contributed by atoms with Gasteiger partial charge in [0.25, 0.3) is 0 Å². The summed E-state index contributed by atoms with van der Waals surface area (Å²) < 4.78 is 10.6. The van der Waals surface area contributed by atoms with Crippen LogP contribution < -0.4 is 5.32 Å². The molecular weight excluding hydrogens is 230 g/mol. The molecule has 0 radical (unpaired) electrons. The summed E-state index contributed by atoms with van der Waals surface area (Å²) in [5, 5.41) is 2.94. The first-order chi connectivity index (χ1) is 8.77. The van der Waals surface area contributed by atoms with Gasteiger partial charge in [0.05, 0.1) is 6.26 Å². The van der Waals surface area contributed by atoms with Crippen LogP contribution in [-0.4, -0.2) is 19.1 Å². The number of rotatable bonds is 9. The van der Waals surface area contributed by atoms with Gasteiger partial charge >= 0.3 is 0 Å². The van der Waals surface area contributed by atoms with Gasteiger partial charge in [0.15, 0.2) is 0 Å². The average Bonchev–Trinajstić information content (AvgIpc) is 2.88. The van der Waals surface area contributed by atoms with Crippen molar-refractivity contribution in [2.24, 2.45) is 5.92 Å². The minimum Gasteiger partial charge on any atom is -0.467 e. The molecule has 1 rings (SSSR count). The third-order valence-electron chi connectivity index (χ3n) is 2.95. The van der Waals surface area contributed by atoms with E-state index < -0.39 is 0 Å². The second-order valence-electron chi connectivity index (χ2n) is 4.29. The van der Waals surface area contributed by atoms with E-state index >= 15 is 0 Å². The van der Waals surface area contributed by atoms with E-state index in [1.807, 2.05) is 26.0 Å². The van der Waals surface area contributed by atoms with Crippen molar-refractivity contribution in [2.45, 2.75) is 39.7 Å². The summed E-state index contributed by atoms with van der Waals surface area (Å²) in [6, 6.07) is 3.73. The molecule has 4 heteroatoms. The second kappa shape index (κ2) is 8.75. The van der Waals surface area contributed by atoms with E-state index in [9.17, 15) is 4.79 Å². The normalized spacial score (nSPS) is 10.8. The molecule has 0 aliphatic carbocycles. The first-order valence-electron chi connectivity index (χ1n) is 6.65. The fourth-order valence-electron chi connectivity index (χ4n) is 1.76. The first kappa shape index (κ1) is 14.8. The molecule has 0 fully saturated rings. The van der Waals surface area contributed by atoms with Crippen LogP contribution >= 0.6 is 0 Å². The number of amides is 1. The molecule has 1 heterocycles. The smallest absolute Gasteiger partial charge is 0.223 e. The second-order valence-corrected chi connectivity index (χ2v) is 4.29. The number of hydrogen-bond donors (Lipinski definition) is 1. The van der Waals surface area contributed by atoms with Gasteiger partial charge in [-0.3, -0.25) is 4.79 Å². The van der Waals surface area contributed by atoms with Crippen molar-refractivity contribution in [3.05, 3.63) is 24.2 Å². The van der Waals surface area contributed by atoms with E-state index in [0.29, 0.717) is 19.8 Å². The van der Waals surface area contributed by atoms with Gasteiger partial charge in [0.2, 0.25) is 5.91 Å². The van der Waals surface area contributed by atoms with Crippen LogP contribution in [0.25, 0.3) is 0 Å². The number of ether oxygens (including phenoxy) is 1. The van der Waals surface area contributed by atoms with Crippen molar-refractivity contribution in [1.82, 2.24) is 5.32 Å². The summed E-state index contributed by atoms with van der Waals surface area (Å²) in [6.07, 6.45) is 4.26. The number of carbonyl (C=O) groups is 1. The molecule has 4 nitrogen and oxygen atoms in total. The third kappa shape index (κ3) is 5.36. The van der Waals surface area contributed by atoms with Crippen molar-refractivity contribution in [1.29, 1.82) is 0 Å². The van der Waals surface area contributed by atoms with Gasteiger partial charge in [-0.1, -0.05) is 13.8 Å². The van der Waals surface area contributed by atoms with Crippen molar-refractivity contribution in [3.8, 4) is 0 Å². The molecule has 0 atom stereocenters. The highest BCUT2D eigenvalue weighted by atomic mass is 16.5. The summed E-state index contributed by atoms with van der Waals surface area (Å²) in [5.41, 5.74) is 0. The lowest BCUT2D eigenvalue weighted by molar-refractivity contribution is -0.125. The summed E-state index contributed by atoms with van der Waals surface area (Å²) in [5.74, 6) is 1.14. The minimum atomic E-state index is 0.147. The zero-order chi connectivity index (χ0) is 13.2. The Kier molecular flexibility index (Phi) is 7.18. The Balaban J connectivity index is 2.00. The van der Waals surface area contributed by atoms with Gasteiger partial charge in [0, 0.05) is 19.1 Å². The van der Waals surface area contributed by atoms with E-state index in [1.54, 1.807) is 6.26 Å². The number of furan rings is 1. The largest absolute Gasteiger partial charge is 0.467 e. The Labute approximate surface area is 109 Å². The predicted molar refractivity (Wildman–Crippen MR) is 70.1 cm³/mol. The summed E-state index contributed by atoms with van der Waals surface area (Å²) in [6.45, 7) is 5.88. The van der Waals surface area contributed by atoms with Crippen LogP contribution in [-0.2, 0) is 16.1 Å². The molecule has 0 saturated heterocycles. The predicted octanol–water partition coefficient (Wildman–Crippen LogP) is 2.74. The molecule has 18 heavy (non-hydrogen) atoms. The van der Waals surface area contributed by atoms with Gasteiger partial charge < -0.3 is 14.5 Å². The molecule has 1 N–H and O–H groups in total. The highest BCUT2D eigenvalue weighted by Crippen LogP contribution is 2.06. The molecule has 1 aromatic rings. The topological polar surface area (TPSA) is 51.5 Å². The Morgan fingerprint density at radius 2 is 2.22 bits per heavy atom. The Bertz CT molecular complexity index is 318. The zero-order valence-electron chi connectivity index (χ0n) is 11.3. The summed E-state index contributed by atoms with van der Waals surface area (Å²) >= 11 is 0. The molecule has 0 saturated carbocycles. The summed E-state index contributed by atoms with van der Waals surface area (Å²) in [4.78, 5) is 11.7. The van der Waals surface area contributed by atoms with Crippen molar-refractivity contribution in [2.75, 3.05) is 13.2 Å². The fourth-order valence-corrected chi connectivity index (χ4v) is 1.76. The monoisotopic (exact) mass is 253 g/mol. The maximum Gasteiger partial charge on any atom is 0.223 e. The van der Waals surface area contributed by atoms with Crippen LogP contribution in [0, 0.1) is 5.92 Å². The van der Waals surface area contributed by atoms with Crippen LogP contribution in [0.2, 0.25) is 0 Å². The number of carbonyl (C=O) groups excluding carboxylic acids is 1. The molecule has 0 aromatic carbocycles. The highest BCUT2D eigenvalue weighted by molar-refractivity contribution is 5.78. The van der Waals surface area contributed by atoms with E-state index in [4.69, 9.17) is 9.15 Å². The van der Waals surface area contributed by atoms with E-state index in [0.717, 1.165) is 25.0 Å². The minimum absolute atomic E-state index is 0.147. The average molecular weight is 253 g/mol. The molecule has 102 valence electrons. The lowest BCUT2D eigenvalue weighted by Gasteiger charge is -2.12. The highest BCUT2D eigenvalue weighted by Gasteiger charge is 2.12. The van der Waals surface area contributed by atoms with Crippen LogP contribution in [0.4, 0.5) is 0 Å². The SMILES string of the molecule is CCC(CC)C(=O)NCCCOCc1ccco1. The molecule has 0 spiro atoms. The van der Waals surface area contributed by atoms with Crippen molar-refractivity contribution in [3.63, 3.8) is 0 Å². The molecule has 1 amide bonds. The lowest BCUT2D eigenvalue weighted by Crippen LogP contribution is -2.31. The molecule has 0 aliphatic heterocycles. The quantitative estimate of drug-likeness (QED) is 0.688. The molecular formula is C14H23NO3. The van der Waals surface area contributed by atoms with Crippen LogP contribution in [0.3, 0.4) is 0 Å². The number of nitrogens with one attached hydrogen (secondary N) is 1. The van der Waals surface area contributed by atoms with Gasteiger partial charge in [-0.2, -0.15) is 0 Å². The van der Waals surface area contributed by atoms with Crippen LogP contribution in [0.1, 0.15) is 38.9 Å². The van der Waals surface area contributed by atoms with Gasteiger partial charge in [0.1, 0.15) is 12.4 Å². The van der Waals surface area contributed by atoms with E-state index in [2.05, 4.69) is 5.32 Å². The van der Waals surface area contributed by atoms with Crippen LogP contribution in [0.5, 0.6) is 0 Å². The van der Waals surface area contributed by atoms with Gasteiger partial charge in [-0.05, 0) is 31.4 Å². The molecule has 0 aliphatic rings. The van der Waals surface area contributed by atoms with Gasteiger partial charge in [-0.15, -0.1) is 0 Å². The molecule has 0 bridgehead atoms. The lowest BCUT2D eigenvalue weighted by atomic mass is 10.0. The Morgan fingerprint density at radius 3 is 2.83 bits per heavy atom. The summed E-state index contributed by atoms with van der Waals surface area (Å²) in [7, 11) is 0. The van der Waals surface area contributed by atoms with Crippen molar-refractivity contribution >= 4 is 5.91 Å². The van der Waals surface area contributed by atoms with Gasteiger partial charge in [-0.25, -0.2) is 0 Å². The fraction of sp³-hybridized carbons (Fsp3) is 0.643. The maximum absolute atomic E-state index is 11.7. The standard InChI is InChI=1S/C14H23NO3/c1-3-12(4-2)14(16)15-8-6-9-17-11-13-7-5-10-18-13/h5,7,10,12H,3-4,6,8-9,11H2,1-2H3,(H,15,16). The zero-order valence-corrected chi connectivity index (χ0v) is 11.3. The maximum atomic E-state index is 11.7.